The Morgan fingerprint density at radius 3 is 1.90 bits per heavy atom. The van der Waals surface area contributed by atoms with Gasteiger partial charge in [-0.15, -0.1) is 0 Å². The molecule has 7 nitrogen and oxygen atoms in total. The van der Waals surface area contributed by atoms with Gasteiger partial charge in [0.15, 0.2) is 0 Å². The van der Waals surface area contributed by atoms with Gasteiger partial charge in [0, 0.05) is 18.9 Å². The van der Waals surface area contributed by atoms with Crippen LogP contribution in [0.4, 0.5) is 0 Å². The fourth-order valence-electron chi connectivity index (χ4n) is 3.05. The molecule has 1 aromatic heterocycles. The van der Waals surface area contributed by atoms with E-state index >= 15 is 0 Å². The van der Waals surface area contributed by atoms with Crippen molar-refractivity contribution in [3.8, 4) is 0 Å². The quantitative estimate of drug-likeness (QED) is 0.185. The first-order valence-corrected chi connectivity index (χ1v) is 12.6. The first kappa shape index (κ1) is 26.3. The van der Waals surface area contributed by atoms with Crippen molar-refractivity contribution in [3.05, 3.63) is 18.7 Å². The van der Waals surface area contributed by atoms with Crippen LogP contribution in [0.15, 0.2) is 18.7 Å². The minimum atomic E-state index is -4.14. The number of hydrogen-bond donors (Lipinski definition) is 0. The molecular formula is C21H42N3O4P. The van der Waals surface area contributed by atoms with Crippen molar-refractivity contribution in [1.82, 2.24) is 9.55 Å². The molecule has 1 heterocycles. The average molecular weight is 432 g/mol. The number of phosphoric acid groups is 1. The number of imidazole rings is 1. The maximum Gasteiger partial charge on any atom is 0.268 e. The molecule has 1 unspecified atom stereocenters. The Kier molecular flexibility index (Phi) is 13.7. The van der Waals surface area contributed by atoms with E-state index in [1.54, 1.807) is 0 Å². The van der Waals surface area contributed by atoms with Gasteiger partial charge in [-0.25, -0.2) is 4.98 Å². The van der Waals surface area contributed by atoms with Crippen molar-refractivity contribution in [2.45, 2.75) is 77.2 Å². The second-order valence-electron chi connectivity index (χ2n) is 8.82. The molecule has 29 heavy (non-hydrogen) atoms. The molecule has 0 aliphatic heterocycles. The zero-order valence-corrected chi connectivity index (χ0v) is 19.7. The second kappa shape index (κ2) is 15.1. The molecule has 1 rings (SSSR count). The normalized spacial score (nSPS) is 14.2. The third-order valence-electron chi connectivity index (χ3n) is 4.88. The zero-order valence-electron chi connectivity index (χ0n) is 18.8. The Morgan fingerprint density at radius 1 is 0.862 bits per heavy atom. The van der Waals surface area contributed by atoms with Crippen LogP contribution < -0.4 is 4.89 Å². The summed E-state index contributed by atoms with van der Waals surface area (Å²) in [6.45, 7) is 2.09. The predicted octanol–water partition coefficient (Wildman–Crippen LogP) is 4.38. The average Bonchev–Trinajstić information content (AvgIpc) is 3.14. The van der Waals surface area contributed by atoms with Gasteiger partial charge in [0.2, 0.25) is 0 Å². The Balaban J connectivity index is 1.80. The number of phosphoric ester groups is 1. The zero-order chi connectivity index (χ0) is 21.4. The molecule has 0 amide bonds. The molecule has 0 radical (unpaired) electrons. The lowest BCUT2D eigenvalue weighted by Crippen LogP contribution is -2.37. The molecule has 0 aromatic carbocycles. The summed E-state index contributed by atoms with van der Waals surface area (Å²) < 4.78 is 24.3. The van der Waals surface area contributed by atoms with Crippen LogP contribution in [-0.2, 0) is 20.2 Å². The molecule has 1 aromatic rings. The lowest BCUT2D eigenvalue weighted by molar-refractivity contribution is -0.870. The van der Waals surface area contributed by atoms with Crippen molar-refractivity contribution < 1.29 is 23.0 Å². The van der Waals surface area contributed by atoms with E-state index in [2.05, 4.69) is 9.55 Å². The fraction of sp³-hybridized carbons (Fsp3) is 0.857. The summed E-state index contributed by atoms with van der Waals surface area (Å²) in [6.07, 6.45) is 18.9. The number of hydrogen-bond acceptors (Lipinski definition) is 5. The van der Waals surface area contributed by atoms with Crippen molar-refractivity contribution in [3.63, 3.8) is 0 Å². The van der Waals surface area contributed by atoms with Gasteiger partial charge in [0.25, 0.3) is 7.82 Å². The second-order valence-corrected chi connectivity index (χ2v) is 10.2. The number of quaternary nitrogens is 1. The van der Waals surface area contributed by atoms with E-state index < -0.39 is 7.82 Å². The van der Waals surface area contributed by atoms with Gasteiger partial charge in [-0.05, 0) is 12.8 Å². The molecule has 0 saturated heterocycles. The highest BCUT2D eigenvalue weighted by molar-refractivity contribution is 7.45. The van der Waals surface area contributed by atoms with Crippen molar-refractivity contribution >= 4 is 7.82 Å². The molecule has 170 valence electrons. The summed E-state index contributed by atoms with van der Waals surface area (Å²) in [7, 11) is 1.83. The minimum Gasteiger partial charge on any atom is -0.756 e. The molecule has 0 spiro atoms. The molecule has 8 heteroatoms. The van der Waals surface area contributed by atoms with E-state index in [4.69, 9.17) is 9.05 Å². The van der Waals surface area contributed by atoms with Crippen LogP contribution in [0.2, 0.25) is 0 Å². The van der Waals surface area contributed by atoms with Crippen molar-refractivity contribution in [2.24, 2.45) is 0 Å². The number of nitrogens with zero attached hydrogens (tertiary/aromatic N) is 3. The predicted molar refractivity (Wildman–Crippen MR) is 115 cm³/mol. The highest BCUT2D eigenvalue weighted by atomic mass is 31.2. The van der Waals surface area contributed by atoms with Gasteiger partial charge in [-0.3, -0.25) is 4.57 Å². The first-order chi connectivity index (χ1) is 13.8. The molecule has 0 aliphatic carbocycles. The van der Waals surface area contributed by atoms with E-state index in [0.717, 1.165) is 25.8 Å². The highest BCUT2D eigenvalue weighted by Gasteiger charge is 2.12. The minimum absolute atomic E-state index is 0.162. The SMILES string of the molecule is C[N+](C)(C)CCOP(=O)([O-])OCCCCCCCCCCCCCn1ccnc1. The highest BCUT2D eigenvalue weighted by Crippen LogP contribution is 2.38. The van der Waals surface area contributed by atoms with Gasteiger partial charge in [-0.1, -0.05) is 57.8 Å². The number of aryl methyl sites for hydroxylation is 1. The number of likely N-dealkylation sites (N-methyl/N-ethyl adjacent to an activating group) is 1. The van der Waals surface area contributed by atoms with Gasteiger partial charge in [0.1, 0.15) is 13.2 Å². The maximum absolute atomic E-state index is 11.6. The fourth-order valence-corrected chi connectivity index (χ4v) is 3.78. The Morgan fingerprint density at radius 2 is 1.38 bits per heavy atom. The van der Waals surface area contributed by atoms with Crippen molar-refractivity contribution in [1.29, 1.82) is 0 Å². The van der Waals surface area contributed by atoms with Crippen LogP contribution >= 0.6 is 7.82 Å². The van der Waals surface area contributed by atoms with Crippen LogP contribution in [0, 0.1) is 0 Å². The largest absolute Gasteiger partial charge is 0.756 e. The van der Waals surface area contributed by atoms with Gasteiger partial charge in [-0.2, -0.15) is 0 Å². The molecule has 0 aliphatic rings. The lowest BCUT2D eigenvalue weighted by atomic mass is 10.1. The molecule has 0 fully saturated rings. The Hall–Kier alpha value is -0.720. The van der Waals surface area contributed by atoms with Crippen LogP contribution in [0.1, 0.15) is 70.6 Å². The smallest absolute Gasteiger partial charge is 0.268 e. The third-order valence-corrected chi connectivity index (χ3v) is 5.88. The topological polar surface area (TPSA) is 76.4 Å². The summed E-state index contributed by atoms with van der Waals surface area (Å²) in [4.78, 5) is 15.7. The Labute approximate surface area is 177 Å². The third kappa shape index (κ3) is 16.7. The summed E-state index contributed by atoms with van der Waals surface area (Å²) in [5.74, 6) is 0. The van der Waals surface area contributed by atoms with Gasteiger partial charge >= 0.3 is 0 Å². The van der Waals surface area contributed by atoms with E-state index in [9.17, 15) is 9.46 Å². The molecule has 0 bridgehead atoms. The summed E-state index contributed by atoms with van der Waals surface area (Å²) in [6, 6.07) is 0. The van der Waals surface area contributed by atoms with Gasteiger partial charge < -0.3 is 23.0 Å². The van der Waals surface area contributed by atoms with Crippen LogP contribution in [0.25, 0.3) is 0 Å². The van der Waals surface area contributed by atoms with E-state index in [1.807, 2.05) is 39.9 Å². The van der Waals surface area contributed by atoms with Crippen LogP contribution in [0.3, 0.4) is 0 Å². The standard InChI is InChI=1S/C21H42N3O4P/c1-24(2,3)18-20-28-29(25,26)27-19-14-12-10-8-6-4-5-7-9-11-13-16-23-17-15-22-21-23/h15,17,21H,4-14,16,18-20H2,1-3H3. The Bertz CT molecular complexity index is 547. The summed E-state index contributed by atoms with van der Waals surface area (Å²) in [5, 5.41) is 0. The monoisotopic (exact) mass is 431 g/mol. The molecule has 0 N–H and O–H groups in total. The molecular weight excluding hydrogens is 389 g/mol. The van der Waals surface area contributed by atoms with Gasteiger partial charge in [0.05, 0.1) is 34.1 Å². The summed E-state index contributed by atoms with van der Waals surface area (Å²) in [5.41, 5.74) is 0. The van der Waals surface area contributed by atoms with E-state index in [1.165, 1.54) is 51.4 Å². The number of unbranched alkanes of at least 4 members (excludes halogenated alkanes) is 10. The number of aromatic nitrogens is 2. The van der Waals surface area contributed by atoms with Crippen LogP contribution in [-0.4, -0.2) is 54.9 Å². The van der Waals surface area contributed by atoms with Crippen LogP contribution in [0.5, 0.6) is 0 Å². The molecule has 0 saturated carbocycles. The summed E-state index contributed by atoms with van der Waals surface area (Å²) >= 11 is 0. The van der Waals surface area contributed by atoms with Crippen molar-refractivity contribution in [2.75, 3.05) is 40.9 Å². The van der Waals surface area contributed by atoms with E-state index in [-0.39, 0.29) is 13.2 Å². The first-order valence-electron chi connectivity index (χ1n) is 11.1. The number of rotatable bonds is 19. The van der Waals surface area contributed by atoms with E-state index in [0.29, 0.717) is 11.0 Å². The molecule has 1 atom stereocenters. The lowest BCUT2D eigenvalue weighted by Gasteiger charge is -2.27. The maximum atomic E-state index is 11.6.